The van der Waals surface area contributed by atoms with Crippen molar-refractivity contribution in [3.8, 4) is 5.75 Å². The molecule has 0 aliphatic heterocycles. The molecule has 0 spiro atoms. The number of hydrogen-bond acceptors (Lipinski definition) is 2. The van der Waals surface area contributed by atoms with Gasteiger partial charge in [0.25, 0.3) is 0 Å². The Bertz CT molecular complexity index is 589. The first-order valence-corrected chi connectivity index (χ1v) is 8.57. The van der Waals surface area contributed by atoms with E-state index in [4.69, 9.17) is 4.74 Å². The Morgan fingerprint density at radius 3 is 2.35 bits per heavy atom. The number of nitrogens with one attached hydrogen (secondary N) is 1. The largest absolute Gasteiger partial charge is 0.493 e. The minimum Gasteiger partial charge on any atom is -0.493 e. The normalized spacial score (nSPS) is 12.4. The van der Waals surface area contributed by atoms with Crippen LogP contribution in [0.5, 0.6) is 5.75 Å². The van der Waals surface area contributed by atoms with Gasteiger partial charge in [-0.05, 0) is 37.8 Å². The van der Waals surface area contributed by atoms with Crippen LogP contribution in [0.3, 0.4) is 0 Å². The Morgan fingerprint density at radius 2 is 1.65 bits per heavy atom. The molecule has 0 fully saturated rings. The lowest BCUT2D eigenvalue weighted by Gasteiger charge is -2.19. The van der Waals surface area contributed by atoms with Gasteiger partial charge in [0.2, 0.25) is 0 Å². The highest BCUT2D eigenvalue weighted by Gasteiger charge is 2.11. The number of aryl methyl sites for hydroxylation is 1. The van der Waals surface area contributed by atoms with E-state index in [1.807, 2.05) is 6.07 Å². The molecule has 2 heteroatoms. The van der Waals surface area contributed by atoms with Crippen LogP contribution >= 0.6 is 0 Å². The second-order valence-corrected chi connectivity index (χ2v) is 6.66. The van der Waals surface area contributed by atoms with Crippen molar-refractivity contribution in [1.82, 2.24) is 5.32 Å². The van der Waals surface area contributed by atoms with E-state index in [9.17, 15) is 0 Å². The quantitative estimate of drug-likeness (QED) is 0.717. The number of benzene rings is 2. The number of para-hydroxylation sites is 1. The van der Waals surface area contributed by atoms with Crippen LogP contribution in [0.25, 0.3) is 0 Å². The van der Waals surface area contributed by atoms with Gasteiger partial charge < -0.3 is 10.1 Å². The number of hydrogen-bond donors (Lipinski definition) is 1. The van der Waals surface area contributed by atoms with Crippen LogP contribution in [-0.4, -0.2) is 6.61 Å². The molecule has 1 N–H and O–H groups in total. The molecule has 0 bridgehead atoms. The zero-order valence-electron chi connectivity index (χ0n) is 14.8. The molecule has 124 valence electrons. The maximum atomic E-state index is 6.00. The molecule has 0 amide bonds. The highest BCUT2D eigenvalue weighted by molar-refractivity contribution is 5.35. The number of ether oxygens (including phenoxy) is 1. The van der Waals surface area contributed by atoms with Gasteiger partial charge >= 0.3 is 0 Å². The van der Waals surface area contributed by atoms with E-state index in [-0.39, 0.29) is 6.04 Å². The SMILES string of the molecule is Cc1ccc(CNC(C)c2ccccc2OCCC(C)C)cc1. The minimum atomic E-state index is 0.256. The molecule has 23 heavy (non-hydrogen) atoms. The first-order chi connectivity index (χ1) is 11.1. The van der Waals surface area contributed by atoms with Crippen LogP contribution in [0.15, 0.2) is 48.5 Å². The summed E-state index contributed by atoms with van der Waals surface area (Å²) in [5.74, 6) is 1.66. The standard InChI is InChI=1S/C21H29NO/c1-16(2)13-14-23-21-8-6-5-7-20(21)18(4)22-15-19-11-9-17(3)10-12-19/h5-12,16,18,22H,13-15H2,1-4H3. The molecule has 1 atom stereocenters. The monoisotopic (exact) mass is 311 g/mol. The Hall–Kier alpha value is -1.80. The van der Waals surface area contributed by atoms with Crippen molar-refractivity contribution in [2.75, 3.05) is 6.61 Å². The molecule has 2 nitrogen and oxygen atoms in total. The van der Waals surface area contributed by atoms with Crippen molar-refractivity contribution in [2.24, 2.45) is 5.92 Å². The van der Waals surface area contributed by atoms with Gasteiger partial charge in [0.05, 0.1) is 6.61 Å². The van der Waals surface area contributed by atoms with Crippen molar-refractivity contribution in [3.63, 3.8) is 0 Å². The lowest BCUT2D eigenvalue weighted by atomic mass is 10.1. The third-order valence-electron chi connectivity index (χ3n) is 4.07. The van der Waals surface area contributed by atoms with E-state index in [1.165, 1.54) is 16.7 Å². The summed E-state index contributed by atoms with van der Waals surface area (Å²) in [6.45, 7) is 10.4. The van der Waals surface area contributed by atoms with Gasteiger partial charge in [-0.2, -0.15) is 0 Å². The van der Waals surface area contributed by atoms with Crippen molar-refractivity contribution < 1.29 is 4.74 Å². The third kappa shape index (κ3) is 5.72. The summed E-state index contributed by atoms with van der Waals surface area (Å²) in [5.41, 5.74) is 3.83. The second-order valence-electron chi connectivity index (χ2n) is 6.66. The second kappa shape index (κ2) is 8.73. The fourth-order valence-corrected chi connectivity index (χ4v) is 2.46. The first kappa shape index (κ1) is 17.6. The Labute approximate surface area is 140 Å². The molecule has 0 saturated heterocycles. The lowest BCUT2D eigenvalue weighted by molar-refractivity contribution is 0.284. The molecule has 2 aromatic rings. The zero-order valence-corrected chi connectivity index (χ0v) is 14.8. The summed E-state index contributed by atoms with van der Waals surface area (Å²) in [6, 6.07) is 17.3. The molecule has 1 unspecified atom stereocenters. The average molecular weight is 311 g/mol. The van der Waals surface area contributed by atoms with Crippen molar-refractivity contribution in [1.29, 1.82) is 0 Å². The predicted octanol–water partition coefficient (Wildman–Crippen LogP) is 5.27. The Morgan fingerprint density at radius 1 is 0.957 bits per heavy atom. The molecule has 0 aromatic heterocycles. The fourth-order valence-electron chi connectivity index (χ4n) is 2.46. The molecule has 0 saturated carbocycles. The van der Waals surface area contributed by atoms with E-state index in [2.05, 4.69) is 75.5 Å². The third-order valence-corrected chi connectivity index (χ3v) is 4.07. The molecule has 0 aliphatic rings. The van der Waals surface area contributed by atoms with Gasteiger partial charge in [0.1, 0.15) is 5.75 Å². The van der Waals surface area contributed by atoms with Crippen LogP contribution in [0, 0.1) is 12.8 Å². The maximum Gasteiger partial charge on any atom is 0.124 e. The summed E-state index contributed by atoms with van der Waals surface area (Å²) in [7, 11) is 0. The highest BCUT2D eigenvalue weighted by atomic mass is 16.5. The summed E-state index contributed by atoms with van der Waals surface area (Å²) in [6.07, 6.45) is 1.08. The predicted molar refractivity (Wildman–Crippen MR) is 97.8 cm³/mol. The number of rotatable bonds is 8. The van der Waals surface area contributed by atoms with Gasteiger partial charge in [-0.1, -0.05) is 61.9 Å². The fraction of sp³-hybridized carbons (Fsp3) is 0.429. The lowest BCUT2D eigenvalue weighted by Crippen LogP contribution is -2.19. The van der Waals surface area contributed by atoms with Gasteiger partial charge in [-0.15, -0.1) is 0 Å². The molecular weight excluding hydrogens is 282 g/mol. The van der Waals surface area contributed by atoms with Crippen LogP contribution in [0.2, 0.25) is 0 Å². The molecule has 0 radical (unpaired) electrons. The maximum absolute atomic E-state index is 6.00. The molecule has 0 aliphatic carbocycles. The highest BCUT2D eigenvalue weighted by Crippen LogP contribution is 2.25. The van der Waals surface area contributed by atoms with Gasteiger partial charge in [0.15, 0.2) is 0 Å². The molecular formula is C21H29NO. The van der Waals surface area contributed by atoms with Crippen LogP contribution in [-0.2, 0) is 6.54 Å². The van der Waals surface area contributed by atoms with Crippen molar-refractivity contribution in [2.45, 2.75) is 46.7 Å². The smallest absolute Gasteiger partial charge is 0.124 e. The summed E-state index contributed by atoms with van der Waals surface area (Å²) >= 11 is 0. The van der Waals surface area contributed by atoms with Crippen LogP contribution in [0.4, 0.5) is 0 Å². The summed E-state index contributed by atoms with van der Waals surface area (Å²) in [4.78, 5) is 0. The van der Waals surface area contributed by atoms with Gasteiger partial charge in [-0.3, -0.25) is 0 Å². The Balaban J connectivity index is 1.95. The topological polar surface area (TPSA) is 21.3 Å². The Kier molecular flexibility index (Phi) is 6.66. The van der Waals surface area contributed by atoms with E-state index in [1.54, 1.807) is 0 Å². The molecule has 0 heterocycles. The molecule has 2 aromatic carbocycles. The van der Waals surface area contributed by atoms with E-state index < -0.39 is 0 Å². The minimum absolute atomic E-state index is 0.256. The van der Waals surface area contributed by atoms with E-state index in [0.717, 1.165) is 25.3 Å². The van der Waals surface area contributed by atoms with Crippen molar-refractivity contribution in [3.05, 3.63) is 65.2 Å². The molecule has 2 rings (SSSR count). The van der Waals surface area contributed by atoms with Gasteiger partial charge in [-0.25, -0.2) is 0 Å². The van der Waals surface area contributed by atoms with Crippen LogP contribution < -0.4 is 10.1 Å². The van der Waals surface area contributed by atoms with E-state index >= 15 is 0 Å². The van der Waals surface area contributed by atoms with Crippen molar-refractivity contribution >= 4 is 0 Å². The van der Waals surface area contributed by atoms with E-state index in [0.29, 0.717) is 5.92 Å². The van der Waals surface area contributed by atoms with Gasteiger partial charge in [0, 0.05) is 18.2 Å². The summed E-state index contributed by atoms with van der Waals surface area (Å²) < 4.78 is 6.00. The summed E-state index contributed by atoms with van der Waals surface area (Å²) in [5, 5.41) is 3.59. The first-order valence-electron chi connectivity index (χ1n) is 8.57. The average Bonchev–Trinajstić information content (AvgIpc) is 2.54. The zero-order chi connectivity index (χ0) is 16.7. The van der Waals surface area contributed by atoms with Crippen LogP contribution in [0.1, 0.15) is 49.9 Å².